The SMILES string of the molecule is C[C@@H]1C=C[C@@H]2C(=O)N(CC(F)(F)F)C(=O)[C@@H]2[C@H]1C(=O)OC[C@@H]1CCCO1. The molecule has 0 aromatic carbocycles. The van der Waals surface area contributed by atoms with Gasteiger partial charge in [-0.3, -0.25) is 19.3 Å². The molecule has 6 nitrogen and oxygen atoms in total. The smallest absolute Gasteiger partial charge is 0.406 e. The van der Waals surface area contributed by atoms with Crippen molar-refractivity contribution in [2.24, 2.45) is 23.7 Å². The van der Waals surface area contributed by atoms with Crippen LogP contribution in [0.25, 0.3) is 0 Å². The third kappa shape index (κ3) is 3.62. The van der Waals surface area contributed by atoms with Crippen molar-refractivity contribution in [3.8, 4) is 0 Å². The van der Waals surface area contributed by atoms with Crippen molar-refractivity contribution in [1.29, 1.82) is 0 Å². The molecule has 0 aromatic heterocycles. The molecule has 2 fully saturated rings. The maximum atomic E-state index is 12.7. The van der Waals surface area contributed by atoms with Crippen molar-refractivity contribution in [2.75, 3.05) is 19.8 Å². The Morgan fingerprint density at radius 3 is 2.65 bits per heavy atom. The Morgan fingerprint density at radius 1 is 1.31 bits per heavy atom. The molecule has 144 valence electrons. The summed E-state index contributed by atoms with van der Waals surface area (Å²) < 4.78 is 48.7. The standard InChI is InChI=1S/C17H20F3NO5/c1-9-4-5-11-13(15(23)21(14(11)22)8-17(18,19)20)12(9)16(24)26-7-10-3-2-6-25-10/h4-5,9-13H,2-3,6-8H2,1H3/t9-,10+,11+,12+,13+/m1/s1. The van der Waals surface area contributed by atoms with E-state index in [-0.39, 0.29) is 17.6 Å². The number of imide groups is 1. The molecule has 2 heterocycles. The zero-order chi connectivity index (χ0) is 19.1. The molecule has 3 rings (SSSR count). The van der Waals surface area contributed by atoms with Gasteiger partial charge < -0.3 is 9.47 Å². The van der Waals surface area contributed by atoms with Crippen LogP contribution < -0.4 is 0 Å². The summed E-state index contributed by atoms with van der Waals surface area (Å²) in [6.45, 7) is 0.666. The van der Waals surface area contributed by atoms with E-state index in [1.54, 1.807) is 13.0 Å². The Labute approximate surface area is 148 Å². The molecule has 0 spiro atoms. The number of nitrogens with zero attached hydrogens (tertiary/aromatic N) is 1. The van der Waals surface area contributed by atoms with Gasteiger partial charge in [0.2, 0.25) is 11.8 Å². The highest BCUT2D eigenvalue weighted by molar-refractivity contribution is 6.07. The lowest BCUT2D eigenvalue weighted by molar-refractivity contribution is -0.168. The fraction of sp³-hybridized carbons (Fsp3) is 0.706. The number of amides is 2. The first-order valence-corrected chi connectivity index (χ1v) is 8.57. The summed E-state index contributed by atoms with van der Waals surface area (Å²) >= 11 is 0. The van der Waals surface area contributed by atoms with Crippen molar-refractivity contribution in [1.82, 2.24) is 4.90 Å². The van der Waals surface area contributed by atoms with Crippen LogP contribution in [0, 0.1) is 23.7 Å². The summed E-state index contributed by atoms with van der Waals surface area (Å²) in [6, 6.07) is 0. The molecule has 3 aliphatic rings. The zero-order valence-electron chi connectivity index (χ0n) is 14.2. The Hall–Kier alpha value is -1.90. The van der Waals surface area contributed by atoms with E-state index in [0.29, 0.717) is 6.61 Å². The lowest BCUT2D eigenvalue weighted by Crippen LogP contribution is -2.42. The molecule has 0 aromatic rings. The highest BCUT2D eigenvalue weighted by Crippen LogP contribution is 2.42. The van der Waals surface area contributed by atoms with Crippen molar-refractivity contribution >= 4 is 17.8 Å². The van der Waals surface area contributed by atoms with Gasteiger partial charge in [-0.2, -0.15) is 13.2 Å². The molecule has 0 unspecified atom stereocenters. The van der Waals surface area contributed by atoms with Crippen LogP contribution in [-0.4, -0.2) is 54.7 Å². The molecule has 0 radical (unpaired) electrons. The molecule has 1 aliphatic carbocycles. The minimum atomic E-state index is -4.69. The molecule has 26 heavy (non-hydrogen) atoms. The van der Waals surface area contributed by atoms with E-state index >= 15 is 0 Å². The fourth-order valence-corrected chi connectivity index (χ4v) is 3.84. The van der Waals surface area contributed by atoms with Gasteiger partial charge in [0.05, 0.1) is 23.9 Å². The molecule has 0 bridgehead atoms. The van der Waals surface area contributed by atoms with Crippen molar-refractivity contribution in [2.45, 2.75) is 32.0 Å². The number of ether oxygens (including phenoxy) is 2. The lowest BCUT2D eigenvalue weighted by Gasteiger charge is -2.30. The topological polar surface area (TPSA) is 72.9 Å². The van der Waals surface area contributed by atoms with Crippen LogP contribution in [0.2, 0.25) is 0 Å². The number of hydrogen-bond donors (Lipinski definition) is 0. The van der Waals surface area contributed by atoms with Crippen molar-refractivity contribution in [3.63, 3.8) is 0 Å². The maximum absolute atomic E-state index is 12.7. The summed E-state index contributed by atoms with van der Waals surface area (Å²) in [6.07, 6.45) is -0.251. The van der Waals surface area contributed by atoms with Gasteiger partial charge >= 0.3 is 12.1 Å². The number of carbonyl (C=O) groups excluding carboxylic acids is 3. The number of esters is 1. The number of halogens is 3. The number of fused-ring (bicyclic) bond motifs is 1. The number of allylic oxidation sites excluding steroid dienone is 1. The summed E-state index contributed by atoms with van der Waals surface area (Å²) in [5.41, 5.74) is 0. The maximum Gasteiger partial charge on any atom is 0.406 e. The summed E-state index contributed by atoms with van der Waals surface area (Å²) in [7, 11) is 0. The molecule has 2 aliphatic heterocycles. The van der Waals surface area contributed by atoms with Gasteiger partial charge in [-0.05, 0) is 18.8 Å². The average Bonchev–Trinajstić information content (AvgIpc) is 3.15. The molecule has 0 saturated carbocycles. The predicted octanol–water partition coefficient (Wildman–Crippen LogP) is 1.69. The summed E-state index contributed by atoms with van der Waals surface area (Å²) in [5.74, 6) is -6.17. The van der Waals surface area contributed by atoms with Gasteiger partial charge in [0.25, 0.3) is 0 Å². The van der Waals surface area contributed by atoms with Gasteiger partial charge in [0.15, 0.2) is 0 Å². The largest absolute Gasteiger partial charge is 0.463 e. The van der Waals surface area contributed by atoms with Crippen LogP contribution in [0.1, 0.15) is 19.8 Å². The monoisotopic (exact) mass is 375 g/mol. The van der Waals surface area contributed by atoms with E-state index in [1.165, 1.54) is 6.08 Å². The molecular formula is C17H20F3NO5. The molecule has 2 saturated heterocycles. The highest BCUT2D eigenvalue weighted by atomic mass is 19.4. The quantitative estimate of drug-likeness (QED) is 0.425. The van der Waals surface area contributed by atoms with E-state index in [9.17, 15) is 27.6 Å². The van der Waals surface area contributed by atoms with Gasteiger partial charge in [0.1, 0.15) is 13.2 Å². The van der Waals surface area contributed by atoms with Crippen molar-refractivity contribution < 1.29 is 37.0 Å². The predicted molar refractivity (Wildman–Crippen MR) is 81.5 cm³/mol. The third-order valence-electron chi connectivity index (χ3n) is 5.11. The summed E-state index contributed by atoms with van der Waals surface area (Å²) in [5, 5.41) is 0. The van der Waals surface area contributed by atoms with Crippen molar-refractivity contribution in [3.05, 3.63) is 12.2 Å². The zero-order valence-corrected chi connectivity index (χ0v) is 14.2. The van der Waals surface area contributed by atoms with Gasteiger partial charge in [0, 0.05) is 6.61 Å². The Balaban J connectivity index is 1.75. The van der Waals surface area contributed by atoms with Crippen LogP contribution in [0.15, 0.2) is 12.2 Å². The number of likely N-dealkylation sites (tertiary alicyclic amines) is 1. The first kappa shape index (κ1) is 18.9. The first-order chi connectivity index (χ1) is 12.2. The second-order valence-corrected chi connectivity index (χ2v) is 6.96. The van der Waals surface area contributed by atoms with Gasteiger partial charge in [-0.1, -0.05) is 19.1 Å². The summed E-state index contributed by atoms with van der Waals surface area (Å²) in [4.78, 5) is 37.5. The van der Waals surface area contributed by atoms with E-state index in [2.05, 4.69) is 0 Å². The Morgan fingerprint density at radius 2 is 2.04 bits per heavy atom. The Bertz CT molecular complexity index is 626. The minimum absolute atomic E-state index is 0.0392. The highest BCUT2D eigenvalue weighted by Gasteiger charge is 2.56. The van der Waals surface area contributed by atoms with E-state index < -0.39 is 54.2 Å². The molecular weight excluding hydrogens is 355 g/mol. The average molecular weight is 375 g/mol. The molecule has 2 amide bonds. The van der Waals surface area contributed by atoms with Crippen LogP contribution in [0.5, 0.6) is 0 Å². The van der Waals surface area contributed by atoms with Gasteiger partial charge in [-0.15, -0.1) is 0 Å². The number of alkyl halides is 3. The second kappa shape index (κ2) is 7.02. The van der Waals surface area contributed by atoms with Crippen LogP contribution in [0.3, 0.4) is 0 Å². The molecule has 5 atom stereocenters. The van der Waals surface area contributed by atoms with E-state index in [0.717, 1.165) is 12.8 Å². The van der Waals surface area contributed by atoms with Gasteiger partial charge in [-0.25, -0.2) is 0 Å². The first-order valence-electron chi connectivity index (χ1n) is 8.57. The van der Waals surface area contributed by atoms with E-state index in [1.807, 2.05) is 0 Å². The minimum Gasteiger partial charge on any atom is -0.463 e. The van der Waals surface area contributed by atoms with Crippen LogP contribution in [0.4, 0.5) is 13.2 Å². The Kier molecular flexibility index (Phi) is 5.09. The normalized spacial score (nSPS) is 34.3. The van der Waals surface area contributed by atoms with Crippen LogP contribution in [-0.2, 0) is 23.9 Å². The van der Waals surface area contributed by atoms with Crippen LogP contribution >= 0.6 is 0 Å². The second-order valence-electron chi connectivity index (χ2n) is 6.96. The lowest BCUT2D eigenvalue weighted by atomic mass is 9.72. The number of rotatable bonds is 4. The number of hydrogen-bond acceptors (Lipinski definition) is 5. The van der Waals surface area contributed by atoms with E-state index in [4.69, 9.17) is 9.47 Å². The molecule has 0 N–H and O–H groups in total. The molecule has 9 heteroatoms. The number of carbonyl (C=O) groups is 3. The fourth-order valence-electron chi connectivity index (χ4n) is 3.84. The third-order valence-corrected chi connectivity index (χ3v) is 5.11.